The molecule has 0 aliphatic rings. The molecule has 2 aromatic rings. The largest absolute Gasteiger partial charge is 0.465 e. The molecule has 5 nitrogen and oxygen atoms in total. The highest BCUT2D eigenvalue weighted by Gasteiger charge is 2.13. The number of ether oxygens (including phenoxy) is 1. The van der Waals surface area contributed by atoms with E-state index in [1.165, 1.54) is 7.11 Å². The van der Waals surface area contributed by atoms with Crippen LogP contribution in [0, 0.1) is 11.3 Å². The number of nitrogens with one attached hydrogen (secondary N) is 1. The summed E-state index contributed by atoms with van der Waals surface area (Å²) in [6.07, 6.45) is 0. The number of nitriles is 1. The maximum atomic E-state index is 11.6. The number of methoxy groups -OCH3 is 1. The minimum absolute atomic E-state index is 0.274. The average molecular weight is 346 g/mol. The highest BCUT2D eigenvalue weighted by atomic mass is 79.9. The van der Waals surface area contributed by atoms with E-state index in [1.807, 2.05) is 6.07 Å². The number of rotatable bonds is 3. The number of para-hydroxylation sites is 1. The van der Waals surface area contributed by atoms with Gasteiger partial charge in [-0.3, -0.25) is 0 Å². The summed E-state index contributed by atoms with van der Waals surface area (Å²) in [6, 6.07) is 12.4. The summed E-state index contributed by atoms with van der Waals surface area (Å²) in [5.41, 5.74) is 8.13. The first-order valence-corrected chi connectivity index (χ1v) is 6.79. The highest BCUT2D eigenvalue weighted by molar-refractivity contribution is 9.10. The normalized spacial score (nSPS) is 9.76. The van der Waals surface area contributed by atoms with Crippen molar-refractivity contribution < 1.29 is 9.53 Å². The van der Waals surface area contributed by atoms with Crippen molar-refractivity contribution in [1.29, 1.82) is 5.26 Å². The summed E-state index contributed by atoms with van der Waals surface area (Å²) in [7, 11) is 1.30. The van der Waals surface area contributed by atoms with Crippen molar-refractivity contribution in [2.45, 2.75) is 0 Å². The van der Waals surface area contributed by atoms with E-state index in [2.05, 4.69) is 32.1 Å². The van der Waals surface area contributed by atoms with Crippen LogP contribution in [-0.2, 0) is 4.74 Å². The number of carbonyl (C=O) groups excluding carboxylic acids is 1. The summed E-state index contributed by atoms with van der Waals surface area (Å²) >= 11 is 3.31. The van der Waals surface area contributed by atoms with Crippen molar-refractivity contribution in [3.63, 3.8) is 0 Å². The Morgan fingerprint density at radius 2 is 2.10 bits per heavy atom. The van der Waals surface area contributed by atoms with Gasteiger partial charge >= 0.3 is 5.97 Å². The topological polar surface area (TPSA) is 88.1 Å². The van der Waals surface area contributed by atoms with Crippen LogP contribution < -0.4 is 11.1 Å². The van der Waals surface area contributed by atoms with Crippen LogP contribution in [0.5, 0.6) is 0 Å². The van der Waals surface area contributed by atoms with E-state index in [1.54, 1.807) is 30.3 Å². The van der Waals surface area contributed by atoms with Crippen LogP contribution in [0.25, 0.3) is 0 Å². The molecule has 0 bridgehead atoms. The Bertz CT molecular complexity index is 738. The van der Waals surface area contributed by atoms with Crippen LogP contribution in [0.3, 0.4) is 0 Å². The third-order valence-corrected chi connectivity index (χ3v) is 3.38. The van der Waals surface area contributed by atoms with E-state index >= 15 is 0 Å². The van der Waals surface area contributed by atoms with Crippen molar-refractivity contribution in [2.24, 2.45) is 0 Å². The molecule has 3 N–H and O–H groups in total. The van der Waals surface area contributed by atoms with Gasteiger partial charge in [-0.25, -0.2) is 4.79 Å². The molecule has 6 heteroatoms. The molecule has 0 aliphatic carbocycles. The van der Waals surface area contributed by atoms with E-state index in [0.29, 0.717) is 16.9 Å². The minimum atomic E-state index is -0.507. The molecule has 0 heterocycles. The van der Waals surface area contributed by atoms with Crippen LogP contribution in [0.15, 0.2) is 40.9 Å². The molecule has 0 aliphatic heterocycles. The Morgan fingerprint density at radius 3 is 2.76 bits per heavy atom. The van der Waals surface area contributed by atoms with Gasteiger partial charge in [0, 0.05) is 4.47 Å². The van der Waals surface area contributed by atoms with Crippen molar-refractivity contribution in [1.82, 2.24) is 0 Å². The minimum Gasteiger partial charge on any atom is -0.465 e. The summed E-state index contributed by atoms with van der Waals surface area (Å²) in [5.74, 6) is -0.507. The van der Waals surface area contributed by atoms with Gasteiger partial charge in [0.05, 0.1) is 35.3 Å². The van der Waals surface area contributed by atoms with Crippen LogP contribution in [0.4, 0.5) is 17.1 Å². The lowest BCUT2D eigenvalue weighted by molar-refractivity contribution is 0.0602. The number of halogens is 1. The van der Waals surface area contributed by atoms with Gasteiger partial charge in [0.15, 0.2) is 0 Å². The predicted molar refractivity (Wildman–Crippen MR) is 84.3 cm³/mol. The van der Waals surface area contributed by atoms with Gasteiger partial charge in [0.25, 0.3) is 0 Å². The molecule has 0 amide bonds. The van der Waals surface area contributed by atoms with Crippen LogP contribution in [-0.4, -0.2) is 13.1 Å². The highest BCUT2D eigenvalue weighted by Crippen LogP contribution is 2.29. The van der Waals surface area contributed by atoms with Crippen LogP contribution >= 0.6 is 15.9 Å². The SMILES string of the molecule is COC(=O)c1cccc(Nc2ccc(Br)cc2C#N)c1N. The quantitative estimate of drug-likeness (QED) is 0.657. The maximum absolute atomic E-state index is 11.6. The number of esters is 1. The molecule has 0 fully saturated rings. The van der Waals surface area contributed by atoms with E-state index in [-0.39, 0.29) is 11.3 Å². The van der Waals surface area contributed by atoms with E-state index < -0.39 is 5.97 Å². The molecule has 0 spiro atoms. The molecule has 21 heavy (non-hydrogen) atoms. The molecule has 2 aromatic carbocycles. The number of hydrogen-bond acceptors (Lipinski definition) is 5. The molecule has 0 unspecified atom stereocenters. The van der Waals surface area contributed by atoms with Gasteiger partial charge in [0.1, 0.15) is 6.07 Å². The predicted octanol–water partition coefficient (Wildman–Crippen LogP) is 3.43. The first kappa shape index (κ1) is 14.9. The number of anilines is 3. The fourth-order valence-electron chi connectivity index (χ4n) is 1.83. The summed E-state index contributed by atoms with van der Waals surface area (Å²) in [4.78, 5) is 11.6. The number of carbonyl (C=O) groups is 1. The second-order valence-corrected chi connectivity index (χ2v) is 5.10. The fraction of sp³-hybridized carbons (Fsp3) is 0.0667. The van der Waals surface area contributed by atoms with E-state index in [4.69, 9.17) is 11.0 Å². The molecule has 0 atom stereocenters. The van der Waals surface area contributed by atoms with Gasteiger partial charge in [-0.1, -0.05) is 22.0 Å². The molecule has 0 saturated heterocycles. The zero-order valence-electron chi connectivity index (χ0n) is 11.2. The number of benzene rings is 2. The monoisotopic (exact) mass is 345 g/mol. The molecule has 0 aromatic heterocycles. The maximum Gasteiger partial charge on any atom is 0.340 e. The Morgan fingerprint density at radius 1 is 1.33 bits per heavy atom. The Labute approximate surface area is 130 Å². The van der Waals surface area contributed by atoms with E-state index in [9.17, 15) is 4.79 Å². The fourth-order valence-corrected chi connectivity index (χ4v) is 2.19. The zero-order valence-corrected chi connectivity index (χ0v) is 12.8. The Kier molecular flexibility index (Phi) is 4.45. The smallest absolute Gasteiger partial charge is 0.340 e. The lowest BCUT2D eigenvalue weighted by Crippen LogP contribution is -2.08. The lowest BCUT2D eigenvalue weighted by atomic mass is 10.1. The van der Waals surface area contributed by atoms with Gasteiger partial charge in [0.2, 0.25) is 0 Å². The van der Waals surface area contributed by atoms with Crippen molar-refractivity contribution in [3.05, 3.63) is 52.0 Å². The molecular formula is C15H12BrN3O2. The third-order valence-electron chi connectivity index (χ3n) is 2.88. The van der Waals surface area contributed by atoms with Crippen LogP contribution in [0.1, 0.15) is 15.9 Å². The van der Waals surface area contributed by atoms with E-state index in [0.717, 1.165) is 4.47 Å². The van der Waals surface area contributed by atoms with Gasteiger partial charge in [-0.15, -0.1) is 0 Å². The molecule has 106 valence electrons. The van der Waals surface area contributed by atoms with Crippen molar-refractivity contribution in [3.8, 4) is 6.07 Å². The molecular weight excluding hydrogens is 334 g/mol. The summed E-state index contributed by atoms with van der Waals surface area (Å²) in [5, 5.41) is 12.2. The first-order chi connectivity index (χ1) is 10.1. The Balaban J connectivity index is 2.41. The number of nitrogen functional groups attached to an aromatic ring is 1. The van der Waals surface area contributed by atoms with Gasteiger partial charge < -0.3 is 15.8 Å². The zero-order chi connectivity index (χ0) is 15.4. The standard InChI is InChI=1S/C15H12BrN3O2/c1-21-15(20)11-3-2-4-13(14(11)18)19-12-6-5-10(16)7-9(12)8-17/h2-7,19H,18H2,1H3. The lowest BCUT2D eigenvalue weighted by Gasteiger charge is -2.13. The summed E-state index contributed by atoms with van der Waals surface area (Å²) < 4.78 is 5.48. The summed E-state index contributed by atoms with van der Waals surface area (Å²) in [6.45, 7) is 0. The van der Waals surface area contributed by atoms with Gasteiger partial charge in [-0.05, 0) is 30.3 Å². The molecule has 0 radical (unpaired) electrons. The number of nitrogens with zero attached hydrogens (tertiary/aromatic N) is 1. The molecule has 2 rings (SSSR count). The number of nitrogens with two attached hydrogens (primary N) is 1. The number of hydrogen-bond donors (Lipinski definition) is 2. The van der Waals surface area contributed by atoms with Crippen molar-refractivity contribution in [2.75, 3.05) is 18.2 Å². The Hall–Kier alpha value is -2.52. The second-order valence-electron chi connectivity index (χ2n) is 4.19. The second kappa shape index (κ2) is 6.29. The van der Waals surface area contributed by atoms with Crippen molar-refractivity contribution >= 4 is 39.0 Å². The third kappa shape index (κ3) is 3.15. The molecule has 0 saturated carbocycles. The van der Waals surface area contributed by atoms with Crippen LogP contribution in [0.2, 0.25) is 0 Å². The first-order valence-electron chi connectivity index (χ1n) is 6.00. The van der Waals surface area contributed by atoms with Gasteiger partial charge in [-0.2, -0.15) is 5.26 Å². The average Bonchev–Trinajstić information content (AvgIpc) is 2.50.